The van der Waals surface area contributed by atoms with E-state index in [9.17, 15) is 10.1 Å². The fourth-order valence-corrected chi connectivity index (χ4v) is 2.58. The summed E-state index contributed by atoms with van der Waals surface area (Å²) in [6, 6.07) is 7.04. The van der Waals surface area contributed by atoms with Gasteiger partial charge in [-0.25, -0.2) is 9.97 Å². The molecule has 0 saturated heterocycles. The summed E-state index contributed by atoms with van der Waals surface area (Å²) in [5.74, 6) is 0.244. The Labute approximate surface area is 131 Å². The average Bonchev–Trinajstić information content (AvgIpc) is 2.47. The van der Waals surface area contributed by atoms with Crippen LogP contribution in [0.4, 0.5) is 11.5 Å². The molecule has 1 aromatic carbocycles. The molecule has 0 amide bonds. The Morgan fingerprint density at radius 1 is 1.33 bits per heavy atom. The summed E-state index contributed by atoms with van der Waals surface area (Å²) < 4.78 is 0. The van der Waals surface area contributed by atoms with Gasteiger partial charge in [0.1, 0.15) is 6.33 Å². The molecule has 110 valence electrons. The quantitative estimate of drug-likeness (QED) is 0.491. The number of hydrogen-bond donors (Lipinski definition) is 1. The maximum Gasteiger partial charge on any atom is 0.343 e. The Bertz CT molecular complexity index is 637. The van der Waals surface area contributed by atoms with Crippen LogP contribution >= 0.6 is 23.4 Å². The van der Waals surface area contributed by atoms with Crippen molar-refractivity contribution in [3.63, 3.8) is 0 Å². The van der Waals surface area contributed by atoms with Crippen molar-refractivity contribution in [1.29, 1.82) is 0 Å². The van der Waals surface area contributed by atoms with Crippen LogP contribution in [0, 0.1) is 10.1 Å². The number of nitrogens with one attached hydrogen (secondary N) is 1. The van der Waals surface area contributed by atoms with E-state index in [-0.39, 0.29) is 11.5 Å². The molecule has 0 saturated carbocycles. The smallest absolute Gasteiger partial charge is 0.343 e. The highest BCUT2D eigenvalue weighted by Crippen LogP contribution is 2.36. The van der Waals surface area contributed by atoms with Crippen molar-refractivity contribution in [3.8, 4) is 0 Å². The van der Waals surface area contributed by atoms with Crippen LogP contribution in [0.15, 0.2) is 40.5 Å². The molecule has 0 radical (unpaired) electrons. The number of hydrogen-bond acceptors (Lipinski definition) is 6. The molecule has 0 aliphatic carbocycles. The summed E-state index contributed by atoms with van der Waals surface area (Å²) in [4.78, 5) is 19.6. The molecule has 0 bridgehead atoms. The summed E-state index contributed by atoms with van der Waals surface area (Å²) in [6.07, 6.45) is 2.17. The van der Waals surface area contributed by atoms with Crippen LogP contribution in [0.25, 0.3) is 0 Å². The zero-order valence-electron chi connectivity index (χ0n) is 11.2. The van der Waals surface area contributed by atoms with Gasteiger partial charge in [-0.3, -0.25) is 10.1 Å². The van der Waals surface area contributed by atoms with Gasteiger partial charge < -0.3 is 5.32 Å². The zero-order chi connectivity index (χ0) is 15.2. The molecule has 8 heteroatoms. The minimum Gasteiger partial charge on any atom is -0.364 e. The normalized spacial score (nSPS) is 10.4. The van der Waals surface area contributed by atoms with Gasteiger partial charge in [0, 0.05) is 16.5 Å². The lowest BCUT2D eigenvalue weighted by Crippen LogP contribution is -2.07. The Hall–Kier alpha value is -1.86. The van der Waals surface area contributed by atoms with Crippen molar-refractivity contribution in [2.45, 2.75) is 23.3 Å². The van der Waals surface area contributed by atoms with Crippen LogP contribution in [0.2, 0.25) is 5.02 Å². The van der Waals surface area contributed by atoms with Gasteiger partial charge in [-0.05, 0) is 30.7 Å². The number of benzene rings is 1. The maximum atomic E-state index is 11.3. The summed E-state index contributed by atoms with van der Waals surface area (Å²) >= 11 is 7.03. The highest BCUT2D eigenvalue weighted by atomic mass is 35.5. The Balaban J connectivity index is 2.33. The van der Waals surface area contributed by atoms with E-state index >= 15 is 0 Å². The number of aromatic nitrogens is 2. The van der Waals surface area contributed by atoms with Crippen molar-refractivity contribution < 1.29 is 4.92 Å². The molecule has 0 fully saturated rings. The standard InChI is InChI=1S/C13H13ClN4O2S/c1-2-7-15-12-11(18(19)20)13(17-8-16-12)21-10-5-3-9(14)4-6-10/h3-6,8H,2,7H2,1H3,(H,15,16,17). The highest BCUT2D eigenvalue weighted by molar-refractivity contribution is 7.99. The molecule has 0 atom stereocenters. The minimum atomic E-state index is -0.462. The van der Waals surface area contributed by atoms with Crippen LogP contribution in [0.1, 0.15) is 13.3 Å². The summed E-state index contributed by atoms with van der Waals surface area (Å²) in [7, 11) is 0. The molecule has 0 aliphatic heterocycles. The van der Waals surface area contributed by atoms with Crippen LogP contribution in [-0.4, -0.2) is 21.4 Å². The van der Waals surface area contributed by atoms with Crippen molar-refractivity contribution in [2.24, 2.45) is 0 Å². The van der Waals surface area contributed by atoms with Gasteiger partial charge in [0.05, 0.1) is 4.92 Å². The molecule has 1 heterocycles. The lowest BCUT2D eigenvalue weighted by atomic mass is 10.4. The van der Waals surface area contributed by atoms with Gasteiger partial charge >= 0.3 is 5.69 Å². The first-order chi connectivity index (χ1) is 10.1. The second kappa shape index (κ2) is 7.24. The number of nitrogens with zero attached hydrogens (tertiary/aromatic N) is 3. The van der Waals surface area contributed by atoms with Crippen molar-refractivity contribution in [2.75, 3.05) is 11.9 Å². The monoisotopic (exact) mass is 324 g/mol. The molecule has 0 aliphatic rings. The summed E-state index contributed by atoms with van der Waals surface area (Å²) in [5, 5.41) is 15.2. The van der Waals surface area contributed by atoms with Gasteiger partial charge in [0.2, 0.25) is 5.82 Å². The second-order valence-corrected chi connectivity index (χ2v) is 5.61. The predicted octanol–water partition coefficient (Wildman–Crippen LogP) is 4.01. The molecule has 6 nitrogen and oxygen atoms in total. The van der Waals surface area contributed by atoms with E-state index in [1.807, 2.05) is 6.92 Å². The van der Waals surface area contributed by atoms with Crippen molar-refractivity contribution in [1.82, 2.24) is 9.97 Å². The molecule has 0 spiro atoms. The van der Waals surface area contributed by atoms with Crippen LogP contribution < -0.4 is 5.32 Å². The van der Waals surface area contributed by atoms with E-state index in [4.69, 9.17) is 11.6 Å². The first-order valence-electron chi connectivity index (χ1n) is 6.28. The molecule has 1 N–H and O–H groups in total. The van der Waals surface area contributed by atoms with Gasteiger partial charge in [-0.15, -0.1) is 0 Å². The first kappa shape index (κ1) is 15.5. The van der Waals surface area contributed by atoms with E-state index in [1.54, 1.807) is 24.3 Å². The third kappa shape index (κ3) is 4.05. The fourth-order valence-electron chi connectivity index (χ4n) is 1.59. The summed E-state index contributed by atoms with van der Waals surface area (Å²) in [5.41, 5.74) is -0.106. The van der Waals surface area contributed by atoms with Gasteiger partial charge in [0.25, 0.3) is 0 Å². The van der Waals surface area contributed by atoms with E-state index in [1.165, 1.54) is 18.1 Å². The highest BCUT2D eigenvalue weighted by Gasteiger charge is 2.23. The average molecular weight is 325 g/mol. The van der Waals surface area contributed by atoms with E-state index in [0.717, 1.165) is 11.3 Å². The molecular formula is C13H13ClN4O2S. The molecule has 2 aromatic rings. The number of anilines is 1. The zero-order valence-corrected chi connectivity index (χ0v) is 12.8. The third-order valence-electron chi connectivity index (χ3n) is 2.54. The molecule has 0 unspecified atom stereocenters. The second-order valence-electron chi connectivity index (χ2n) is 4.12. The number of nitro groups is 1. The van der Waals surface area contributed by atoms with Gasteiger partial charge in [-0.2, -0.15) is 0 Å². The predicted molar refractivity (Wildman–Crippen MR) is 83.0 cm³/mol. The van der Waals surface area contributed by atoms with E-state index in [0.29, 0.717) is 16.6 Å². The maximum absolute atomic E-state index is 11.3. The van der Waals surface area contributed by atoms with Crippen molar-refractivity contribution >= 4 is 34.9 Å². The summed E-state index contributed by atoms with van der Waals surface area (Å²) in [6.45, 7) is 2.59. The van der Waals surface area contributed by atoms with Crippen LogP contribution in [-0.2, 0) is 0 Å². The lowest BCUT2D eigenvalue weighted by molar-refractivity contribution is -0.387. The lowest BCUT2D eigenvalue weighted by Gasteiger charge is -2.07. The molecular weight excluding hydrogens is 312 g/mol. The Morgan fingerprint density at radius 3 is 2.67 bits per heavy atom. The van der Waals surface area contributed by atoms with Crippen molar-refractivity contribution in [3.05, 3.63) is 45.7 Å². The topological polar surface area (TPSA) is 81.0 Å². The Kier molecular flexibility index (Phi) is 5.35. The SMILES string of the molecule is CCCNc1ncnc(Sc2ccc(Cl)cc2)c1[N+](=O)[O-]. The first-order valence-corrected chi connectivity index (χ1v) is 7.48. The number of rotatable bonds is 6. The van der Waals surface area contributed by atoms with Gasteiger partial charge in [0.15, 0.2) is 5.03 Å². The molecule has 1 aromatic heterocycles. The number of halogens is 1. The van der Waals surface area contributed by atoms with Gasteiger partial charge in [-0.1, -0.05) is 30.3 Å². The fraction of sp³-hybridized carbons (Fsp3) is 0.231. The van der Waals surface area contributed by atoms with Crippen LogP contribution in [0.5, 0.6) is 0 Å². The van der Waals surface area contributed by atoms with E-state index < -0.39 is 4.92 Å². The van der Waals surface area contributed by atoms with E-state index in [2.05, 4.69) is 15.3 Å². The largest absolute Gasteiger partial charge is 0.364 e. The molecule has 2 rings (SSSR count). The minimum absolute atomic E-state index is 0.106. The Morgan fingerprint density at radius 2 is 2.05 bits per heavy atom. The van der Waals surface area contributed by atoms with Crippen LogP contribution in [0.3, 0.4) is 0 Å². The third-order valence-corrected chi connectivity index (χ3v) is 3.79. The molecule has 21 heavy (non-hydrogen) atoms.